The minimum atomic E-state index is -0.691. The van der Waals surface area contributed by atoms with Gasteiger partial charge < -0.3 is 15.3 Å². The largest absolute Gasteiger partial charge is 0.481 e. The smallest absolute Gasteiger partial charge is 0.303 e. The van der Waals surface area contributed by atoms with E-state index >= 15 is 0 Å². The van der Waals surface area contributed by atoms with Crippen molar-refractivity contribution in [3.05, 3.63) is 0 Å². The lowest BCUT2D eigenvalue weighted by molar-refractivity contribution is -0.137. The first-order valence-corrected chi connectivity index (χ1v) is 8.19. The molecular weight excluding hydrogens is 256 g/mol. The maximum atomic E-state index is 10.3. The average molecular weight is 286 g/mol. The van der Waals surface area contributed by atoms with Crippen LogP contribution in [0.1, 0.15) is 77.0 Å². The monoisotopic (exact) mass is 286 g/mol. The molecule has 0 unspecified atom stereocenters. The van der Waals surface area contributed by atoms with Gasteiger partial charge in [0.05, 0.1) is 12.2 Å². The maximum absolute atomic E-state index is 10.3. The first kappa shape index (κ1) is 17.4. The molecule has 0 radical (unpaired) electrons. The Balaban J connectivity index is 1.82. The summed E-state index contributed by atoms with van der Waals surface area (Å²) in [7, 11) is 0. The van der Waals surface area contributed by atoms with Crippen LogP contribution in [-0.2, 0) is 4.79 Å². The Bertz CT molecular complexity index is 267. The minimum Gasteiger partial charge on any atom is -0.481 e. The number of carboxylic acid groups (broad SMARTS) is 1. The summed E-state index contributed by atoms with van der Waals surface area (Å²) in [6.45, 7) is 0. The molecule has 1 fully saturated rings. The molecule has 0 aromatic heterocycles. The lowest BCUT2D eigenvalue weighted by atomic mass is 9.97. The molecule has 0 saturated heterocycles. The van der Waals surface area contributed by atoms with Crippen molar-refractivity contribution < 1.29 is 20.1 Å². The highest BCUT2D eigenvalue weighted by atomic mass is 16.4. The summed E-state index contributed by atoms with van der Waals surface area (Å²) < 4.78 is 0. The molecule has 0 aliphatic heterocycles. The van der Waals surface area contributed by atoms with Crippen LogP contribution in [0, 0.1) is 5.92 Å². The number of carboxylic acids is 1. The molecule has 1 saturated carbocycles. The van der Waals surface area contributed by atoms with E-state index in [1.807, 2.05) is 0 Å². The fourth-order valence-electron chi connectivity index (χ4n) is 3.10. The zero-order chi connectivity index (χ0) is 14.8. The average Bonchev–Trinajstić information content (AvgIpc) is 2.72. The van der Waals surface area contributed by atoms with E-state index in [4.69, 9.17) is 5.11 Å². The molecule has 0 aromatic carbocycles. The highest BCUT2D eigenvalue weighted by molar-refractivity contribution is 5.66. The Morgan fingerprint density at radius 3 is 1.90 bits per heavy atom. The van der Waals surface area contributed by atoms with E-state index in [-0.39, 0.29) is 0 Å². The van der Waals surface area contributed by atoms with Gasteiger partial charge in [-0.3, -0.25) is 4.79 Å². The van der Waals surface area contributed by atoms with E-state index in [0.29, 0.717) is 12.3 Å². The van der Waals surface area contributed by atoms with Crippen LogP contribution in [0.5, 0.6) is 0 Å². The molecule has 1 aliphatic rings. The van der Waals surface area contributed by atoms with Crippen LogP contribution in [-0.4, -0.2) is 33.5 Å². The summed E-state index contributed by atoms with van der Waals surface area (Å²) in [5.41, 5.74) is 0. The molecule has 4 heteroatoms. The molecule has 0 aromatic rings. The Hall–Kier alpha value is -0.610. The van der Waals surface area contributed by atoms with Gasteiger partial charge in [-0.1, -0.05) is 44.9 Å². The van der Waals surface area contributed by atoms with Crippen molar-refractivity contribution in [3.8, 4) is 0 Å². The third-order valence-corrected chi connectivity index (χ3v) is 4.43. The number of carbonyl (C=O) groups is 1. The summed E-state index contributed by atoms with van der Waals surface area (Å²) in [5.74, 6) is -0.384. The summed E-state index contributed by atoms with van der Waals surface area (Å²) in [4.78, 5) is 10.3. The molecule has 20 heavy (non-hydrogen) atoms. The Kier molecular flexibility index (Phi) is 8.86. The van der Waals surface area contributed by atoms with Gasteiger partial charge in [-0.25, -0.2) is 0 Å². The van der Waals surface area contributed by atoms with Crippen molar-refractivity contribution in [1.29, 1.82) is 0 Å². The van der Waals surface area contributed by atoms with E-state index in [0.717, 1.165) is 44.9 Å². The van der Waals surface area contributed by atoms with E-state index in [1.165, 1.54) is 25.7 Å². The fourth-order valence-corrected chi connectivity index (χ4v) is 3.10. The van der Waals surface area contributed by atoms with E-state index < -0.39 is 18.2 Å². The van der Waals surface area contributed by atoms with Gasteiger partial charge >= 0.3 is 5.97 Å². The molecule has 1 rings (SSSR count). The number of rotatable bonds is 11. The summed E-state index contributed by atoms with van der Waals surface area (Å²) in [5, 5.41) is 27.7. The van der Waals surface area contributed by atoms with Gasteiger partial charge in [0.15, 0.2) is 0 Å². The van der Waals surface area contributed by atoms with Crippen LogP contribution in [0.15, 0.2) is 0 Å². The van der Waals surface area contributed by atoms with Crippen LogP contribution in [0.4, 0.5) is 0 Å². The lowest BCUT2D eigenvalue weighted by Gasteiger charge is -2.15. The van der Waals surface area contributed by atoms with Gasteiger partial charge in [-0.05, 0) is 31.6 Å². The van der Waals surface area contributed by atoms with Crippen LogP contribution in [0.25, 0.3) is 0 Å². The van der Waals surface area contributed by atoms with Crippen LogP contribution < -0.4 is 0 Å². The predicted molar refractivity (Wildman–Crippen MR) is 78.5 cm³/mol. The van der Waals surface area contributed by atoms with Crippen LogP contribution in [0.2, 0.25) is 0 Å². The van der Waals surface area contributed by atoms with Gasteiger partial charge in [-0.2, -0.15) is 0 Å². The molecule has 0 bridgehead atoms. The second-order valence-electron chi connectivity index (χ2n) is 6.16. The Morgan fingerprint density at radius 2 is 1.40 bits per heavy atom. The summed E-state index contributed by atoms with van der Waals surface area (Å²) in [6.07, 6.45) is 11.0. The summed E-state index contributed by atoms with van der Waals surface area (Å²) >= 11 is 0. The number of aliphatic hydroxyl groups is 2. The van der Waals surface area contributed by atoms with Gasteiger partial charge in [-0.15, -0.1) is 0 Å². The first-order valence-electron chi connectivity index (χ1n) is 8.19. The molecule has 3 N–H and O–H groups in total. The number of aliphatic carboxylic acids is 1. The standard InChI is InChI=1S/C16H30O4/c17-14-12-11-13(16(14)20)9-7-5-3-1-2-4-6-8-10-15(18)19/h13-14,16-17,20H,1-12H2,(H,18,19)/t13-,14-,16-/m1/s1. The Morgan fingerprint density at radius 1 is 0.850 bits per heavy atom. The molecule has 0 spiro atoms. The molecule has 3 atom stereocenters. The van der Waals surface area contributed by atoms with Crippen molar-refractivity contribution in [1.82, 2.24) is 0 Å². The van der Waals surface area contributed by atoms with Gasteiger partial charge in [0.2, 0.25) is 0 Å². The van der Waals surface area contributed by atoms with E-state index in [2.05, 4.69) is 0 Å². The third-order valence-electron chi connectivity index (χ3n) is 4.43. The molecule has 4 nitrogen and oxygen atoms in total. The zero-order valence-corrected chi connectivity index (χ0v) is 12.5. The van der Waals surface area contributed by atoms with Crippen LogP contribution in [0.3, 0.4) is 0 Å². The van der Waals surface area contributed by atoms with E-state index in [9.17, 15) is 15.0 Å². The first-order chi connectivity index (χ1) is 9.61. The Labute approximate surface area is 122 Å². The molecule has 0 heterocycles. The van der Waals surface area contributed by atoms with Gasteiger partial charge in [0.25, 0.3) is 0 Å². The molecule has 0 amide bonds. The maximum Gasteiger partial charge on any atom is 0.303 e. The predicted octanol–water partition coefficient (Wildman–Crippen LogP) is 3.10. The van der Waals surface area contributed by atoms with Crippen molar-refractivity contribution in [2.45, 2.75) is 89.3 Å². The quantitative estimate of drug-likeness (QED) is 0.510. The van der Waals surface area contributed by atoms with Crippen molar-refractivity contribution in [3.63, 3.8) is 0 Å². The molecule has 118 valence electrons. The van der Waals surface area contributed by atoms with Crippen molar-refractivity contribution in [2.75, 3.05) is 0 Å². The van der Waals surface area contributed by atoms with Crippen molar-refractivity contribution in [2.24, 2.45) is 5.92 Å². The normalized spacial score (nSPS) is 26.0. The SMILES string of the molecule is O=C(O)CCCCCCCCCC[C@@H]1CC[C@@H](O)[C@@H]1O. The minimum absolute atomic E-state index is 0.301. The fraction of sp³-hybridized carbons (Fsp3) is 0.938. The van der Waals surface area contributed by atoms with E-state index in [1.54, 1.807) is 0 Å². The number of hydrogen-bond donors (Lipinski definition) is 3. The lowest BCUT2D eigenvalue weighted by Crippen LogP contribution is -2.24. The summed E-state index contributed by atoms with van der Waals surface area (Å²) in [6, 6.07) is 0. The van der Waals surface area contributed by atoms with Gasteiger partial charge in [0.1, 0.15) is 0 Å². The highest BCUT2D eigenvalue weighted by Crippen LogP contribution is 2.30. The number of unbranched alkanes of at least 4 members (excludes halogenated alkanes) is 7. The molecule has 1 aliphatic carbocycles. The second kappa shape index (κ2) is 10.2. The third kappa shape index (κ3) is 7.25. The number of hydrogen-bond acceptors (Lipinski definition) is 3. The second-order valence-corrected chi connectivity index (χ2v) is 6.16. The number of aliphatic hydroxyl groups excluding tert-OH is 2. The topological polar surface area (TPSA) is 77.8 Å². The highest BCUT2D eigenvalue weighted by Gasteiger charge is 2.32. The zero-order valence-electron chi connectivity index (χ0n) is 12.5. The molecular formula is C16H30O4. The van der Waals surface area contributed by atoms with Gasteiger partial charge in [0, 0.05) is 6.42 Å². The van der Waals surface area contributed by atoms with Crippen molar-refractivity contribution >= 4 is 5.97 Å². The van der Waals surface area contributed by atoms with Crippen LogP contribution >= 0.6 is 0 Å².